The zero-order valence-corrected chi connectivity index (χ0v) is 20.9. The smallest absolute Gasteiger partial charge is 0.227 e. The molecule has 0 saturated carbocycles. The van der Waals surface area contributed by atoms with Crippen molar-refractivity contribution in [3.8, 4) is 11.3 Å². The standard InChI is InChI=1S/C33H28N3O/c1-4-28-31-22(14-17-26-27-15-12-20(2)35-33(27)37-32(26)31)13-16-25-23-9-5-6-10-24(23)29-11-7-8-18-36(29)30(25)19-21(3)34-28/h4-12,14-15,17-18,25,30H,1,3,13,16,19H2,2H3/q+1/b34-28-. The van der Waals surface area contributed by atoms with Crippen LogP contribution in [0.25, 0.3) is 33.3 Å². The zero-order valence-electron chi connectivity index (χ0n) is 20.9. The Balaban J connectivity index is 1.44. The Bertz CT molecular complexity index is 1770. The van der Waals surface area contributed by atoms with Gasteiger partial charge in [0.15, 0.2) is 12.2 Å². The summed E-state index contributed by atoms with van der Waals surface area (Å²) in [6.45, 7) is 10.5. The minimum absolute atomic E-state index is 0.247. The molecule has 180 valence electrons. The van der Waals surface area contributed by atoms with Crippen LogP contribution in [-0.4, -0.2) is 10.7 Å². The summed E-state index contributed by atoms with van der Waals surface area (Å²) in [7, 11) is 0. The summed E-state index contributed by atoms with van der Waals surface area (Å²) in [4.78, 5) is 9.72. The monoisotopic (exact) mass is 482 g/mol. The number of fused-ring (bicyclic) bond motifs is 11. The largest absolute Gasteiger partial charge is 0.437 e. The molecule has 0 fully saturated rings. The maximum Gasteiger partial charge on any atom is 0.227 e. The molecule has 0 spiro atoms. The first kappa shape index (κ1) is 21.9. The van der Waals surface area contributed by atoms with Crippen molar-refractivity contribution in [3.63, 3.8) is 0 Å². The van der Waals surface area contributed by atoms with Crippen LogP contribution < -0.4 is 4.57 Å². The molecule has 4 nitrogen and oxygen atoms in total. The van der Waals surface area contributed by atoms with E-state index in [1.54, 1.807) is 0 Å². The highest BCUT2D eigenvalue weighted by Gasteiger charge is 2.40. The van der Waals surface area contributed by atoms with Crippen molar-refractivity contribution in [2.45, 2.75) is 38.1 Å². The highest BCUT2D eigenvalue weighted by atomic mass is 16.3. The van der Waals surface area contributed by atoms with Crippen molar-refractivity contribution in [1.29, 1.82) is 0 Å². The van der Waals surface area contributed by atoms with Gasteiger partial charge in [0.05, 0.1) is 12.1 Å². The van der Waals surface area contributed by atoms with Crippen LogP contribution in [0.1, 0.15) is 47.2 Å². The van der Waals surface area contributed by atoms with Crippen LogP contribution in [0.4, 0.5) is 0 Å². The number of allylic oxidation sites excluding steroid dienone is 2. The predicted molar refractivity (Wildman–Crippen MR) is 149 cm³/mol. The SMILES string of the molecule is C=C/C1=N/C(=C)CC2C(CCc3ccc4c(oc5nc(C)ccc54)c31)c1ccccc1-c1cccc[n+]12. The van der Waals surface area contributed by atoms with E-state index in [9.17, 15) is 0 Å². The van der Waals surface area contributed by atoms with Gasteiger partial charge < -0.3 is 4.42 Å². The molecular weight excluding hydrogens is 454 g/mol. The molecule has 0 saturated heterocycles. The fourth-order valence-electron chi connectivity index (χ4n) is 6.33. The molecule has 0 N–H and O–H groups in total. The van der Waals surface area contributed by atoms with Crippen molar-refractivity contribution in [2.75, 3.05) is 0 Å². The Morgan fingerprint density at radius 3 is 2.73 bits per heavy atom. The van der Waals surface area contributed by atoms with Crippen LogP contribution in [0.15, 0.2) is 107 Å². The van der Waals surface area contributed by atoms with Gasteiger partial charge in [-0.25, -0.2) is 4.98 Å². The summed E-state index contributed by atoms with van der Waals surface area (Å²) in [5.41, 5.74) is 10.3. The first-order valence-electron chi connectivity index (χ1n) is 12.9. The third-order valence-electron chi connectivity index (χ3n) is 7.98. The number of nitrogens with zero attached hydrogens (tertiary/aromatic N) is 3. The van der Waals surface area contributed by atoms with E-state index < -0.39 is 0 Å². The lowest BCUT2D eigenvalue weighted by Crippen LogP contribution is -2.47. The Kier molecular flexibility index (Phi) is 4.97. The molecule has 4 heteroatoms. The molecule has 2 aromatic carbocycles. The van der Waals surface area contributed by atoms with E-state index in [1.807, 2.05) is 19.1 Å². The molecule has 0 bridgehead atoms. The molecule has 2 unspecified atom stereocenters. The molecule has 7 rings (SSSR count). The number of benzene rings is 2. The fourth-order valence-corrected chi connectivity index (χ4v) is 6.33. The third kappa shape index (κ3) is 3.40. The van der Waals surface area contributed by atoms with E-state index in [0.717, 1.165) is 58.3 Å². The molecular formula is C33H28N3O+. The number of aliphatic imine (C=N–C) groups is 1. The molecule has 2 aliphatic rings. The molecule has 0 aliphatic carbocycles. The van der Waals surface area contributed by atoms with Gasteiger partial charge in [-0.3, -0.25) is 4.99 Å². The summed E-state index contributed by atoms with van der Waals surface area (Å²) in [5, 5.41) is 2.08. The number of aromatic nitrogens is 2. The van der Waals surface area contributed by atoms with Crippen LogP contribution in [0.5, 0.6) is 0 Å². The second-order valence-corrected chi connectivity index (χ2v) is 10.1. The van der Waals surface area contributed by atoms with Gasteiger partial charge in [0, 0.05) is 51.3 Å². The van der Waals surface area contributed by atoms with Crippen LogP contribution in [0.3, 0.4) is 0 Å². The number of hydrogen-bond donors (Lipinski definition) is 0. The summed E-state index contributed by atoms with van der Waals surface area (Å²) >= 11 is 0. The molecule has 2 aliphatic heterocycles. The Morgan fingerprint density at radius 1 is 1.00 bits per heavy atom. The van der Waals surface area contributed by atoms with Crippen molar-refractivity contribution in [2.24, 2.45) is 4.99 Å². The zero-order chi connectivity index (χ0) is 25.1. The van der Waals surface area contributed by atoms with E-state index in [1.165, 1.54) is 22.4 Å². The highest BCUT2D eigenvalue weighted by Crippen LogP contribution is 2.44. The van der Waals surface area contributed by atoms with E-state index in [0.29, 0.717) is 11.6 Å². The van der Waals surface area contributed by atoms with Gasteiger partial charge in [-0.15, -0.1) is 0 Å². The second kappa shape index (κ2) is 8.38. The molecule has 3 aromatic heterocycles. The van der Waals surface area contributed by atoms with Gasteiger partial charge in [-0.1, -0.05) is 43.5 Å². The van der Waals surface area contributed by atoms with Gasteiger partial charge in [0.1, 0.15) is 5.58 Å². The van der Waals surface area contributed by atoms with E-state index in [2.05, 4.69) is 89.6 Å². The topological polar surface area (TPSA) is 42.3 Å². The van der Waals surface area contributed by atoms with Gasteiger partial charge in [0.25, 0.3) is 0 Å². The van der Waals surface area contributed by atoms with Crippen LogP contribution in [0, 0.1) is 6.92 Å². The number of furan rings is 1. The maximum atomic E-state index is 6.40. The van der Waals surface area contributed by atoms with Gasteiger partial charge in [0.2, 0.25) is 11.4 Å². The summed E-state index contributed by atoms with van der Waals surface area (Å²) in [6, 6.07) is 24.1. The van der Waals surface area contributed by atoms with Crippen molar-refractivity contribution < 1.29 is 8.98 Å². The van der Waals surface area contributed by atoms with Crippen LogP contribution >= 0.6 is 0 Å². The average molecular weight is 483 g/mol. The van der Waals surface area contributed by atoms with Crippen LogP contribution in [0.2, 0.25) is 0 Å². The Hall–Kier alpha value is -4.31. The third-order valence-corrected chi connectivity index (χ3v) is 7.98. The van der Waals surface area contributed by atoms with Crippen molar-refractivity contribution in [3.05, 3.63) is 120 Å². The fraction of sp³-hybridized carbons (Fsp3) is 0.182. The number of rotatable bonds is 1. The summed E-state index contributed by atoms with van der Waals surface area (Å²) in [5.74, 6) is 0.344. The van der Waals surface area contributed by atoms with Crippen molar-refractivity contribution >= 4 is 27.8 Å². The maximum absolute atomic E-state index is 6.40. The number of hydrogen-bond acceptors (Lipinski definition) is 3. The Morgan fingerprint density at radius 2 is 1.84 bits per heavy atom. The summed E-state index contributed by atoms with van der Waals surface area (Å²) < 4.78 is 8.83. The summed E-state index contributed by atoms with van der Waals surface area (Å²) in [6.07, 6.45) is 6.74. The molecule has 2 atom stereocenters. The van der Waals surface area contributed by atoms with Crippen LogP contribution in [-0.2, 0) is 6.42 Å². The first-order valence-corrected chi connectivity index (χ1v) is 12.9. The lowest BCUT2D eigenvalue weighted by Gasteiger charge is -2.31. The Labute approximate surface area is 216 Å². The first-order chi connectivity index (χ1) is 18.1. The highest BCUT2D eigenvalue weighted by molar-refractivity contribution is 6.19. The molecule has 5 aromatic rings. The average Bonchev–Trinajstić information content (AvgIpc) is 3.28. The second-order valence-electron chi connectivity index (χ2n) is 10.1. The predicted octanol–water partition coefficient (Wildman–Crippen LogP) is 7.41. The minimum Gasteiger partial charge on any atom is -0.437 e. The molecule has 0 amide bonds. The lowest BCUT2D eigenvalue weighted by molar-refractivity contribution is -0.718. The number of aryl methyl sites for hydroxylation is 2. The van der Waals surface area contributed by atoms with Gasteiger partial charge in [-0.2, -0.15) is 4.57 Å². The van der Waals surface area contributed by atoms with E-state index in [4.69, 9.17) is 9.41 Å². The normalized spacial score (nSPS) is 20.4. The van der Waals surface area contributed by atoms with E-state index in [-0.39, 0.29) is 6.04 Å². The number of pyridine rings is 2. The quantitative estimate of drug-likeness (QED) is 0.234. The lowest BCUT2D eigenvalue weighted by atomic mass is 9.77. The van der Waals surface area contributed by atoms with E-state index >= 15 is 0 Å². The molecule has 37 heavy (non-hydrogen) atoms. The minimum atomic E-state index is 0.247. The van der Waals surface area contributed by atoms with Crippen molar-refractivity contribution in [1.82, 2.24) is 4.98 Å². The molecule has 0 radical (unpaired) electrons. The van der Waals surface area contributed by atoms with Gasteiger partial charge >= 0.3 is 0 Å². The molecule has 5 heterocycles. The van der Waals surface area contributed by atoms with Gasteiger partial charge in [-0.05, 0) is 61.2 Å².